The molecule has 1 heterocycles. The predicted octanol–water partition coefficient (Wildman–Crippen LogP) is 5.13. The number of aliphatic carboxylic acids is 1. The molecule has 2 aromatic carbocycles. The number of aliphatic hydroxyl groups is 2. The van der Waals surface area contributed by atoms with Gasteiger partial charge >= 0.3 is 5.97 Å². The number of hydrogen-bond donors (Lipinski definition) is 3. The van der Waals surface area contributed by atoms with E-state index in [0.29, 0.717) is 24.8 Å². The van der Waals surface area contributed by atoms with Crippen LogP contribution in [-0.4, -0.2) is 32.4 Å². The van der Waals surface area contributed by atoms with Gasteiger partial charge in [0.05, 0.1) is 17.7 Å². The number of fused-ring (bicyclic) bond motifs is 1. The molecule has 1 saturated carbocycles. The van der Waals surface area contributed by atoms with E-state index in [1.54, 1.807) is 12.1 Å². The molecule has 0 spiro atoms. The second-order valence-electron chi connectivity index (χ2n) is 8.02. The largest absolute Gasteiger partial charge is 0.512 e. The van der Waals surface area contributed by atoms with E-state index in [1.807, 2.05) is 24.3 Å². The fourth-order valence-electron chi connectivity index (χ4n) is 4.02. The second kappa shape index (κ2) is 8.86. The fraction of sp³-hybridized carbons (Fsp3) is 0.280. The number of hydrogen-bond acceptors (Lipinski definition) is 4. The average molecular weight is 421 g/mol. The van der Waals surface area contributed by atoms with E-state index < -0.39 is 12.1 Å². The standard InChI is InChI=1S/C25H24FNO4/c26-17-9-7-15(8-10-17)24-20-3-1-2-4-22(20)27-25(16-5-6-16)21(24)12-11-18(28)13-19(29)14-23(30)31/h1-4,7-10,14,16,18,28-29H,5-6,11-13H2,(H,30,31)/t18-/m0/s1. The van der Waals surface area contributed by atoms with Gasteiger partial charge < -0.3 is 15.3 Å². The number of carboxylic acids is 1. The van der Waals surface area contributed by atoms with E-state index in [0.717, 1.165) is 46.1 Å². The zero-order chi connectivity index (χ0) is 22.0. The molecule has 31 heavy (non-hydrogen) atoms. The maximum atomic E-state index is 13.6. The van der Waals surface area contributed by atoms with E-state index in [-0.39, 0.29) is 18.0 Å². The summed E-state index contributed by atoms with van der Waals surface area (Å²) in [6, 6.07) is 14.3. The number of para-hydroxylation sites is 1. The Kier molecular flexibility index (Phi) is 6.00. The zero-order valence-electron chi connectivity index (χ0n) is 17.0. The van der Waals surface area contributed by atoms with Crippen molar-refractivity contribution in [3.8, 4) is 11.1 Å². The first kappa shape index (κ1) is 21.0. The summed E-state index contributed by atoms with van der Waals surface area (Å²) in [5.74, 6) is -1.55. The van der Waals surface area contributed by atoms with Gasteiger partial charge in [0.1, 0.15) is 11.6 Å². The summed E-state index contributed by atoms with van der Waals surface area (Å²) in [6.07, 6.45) is 2.65. The highest BCUT2D eigenvalue weighted by molar-refractivity contribution is 5.96. The highest BCUT2D eigenvalue weighted by Gasteiger charge is 2.30. The van der Waals surface area contributed by atoms with Crippen LogP contribution in [-0.2, 0) is 11.2 Å². The summed E-state index contributed by atoms with van der Waals surface area (Å²) in [7, 11) is 0. The lowest BCUT2D eigenvalue weighted by molar-refractivity contribution is -0.131. The van der Waals surface area contributed by atoms with Gasteiger partial charge in [0.25, 0.3) is 0 Å². The molecule has 0 bridgehead atoms. The monoisotopic (exact) mass is 421 g/mol. The van der Waals surface area contributed by atoms with Crippen LogP contribution in [0.25, 0.3) is 22.0 Å². The van der Waals surface area contributed by atoms with Gasteiger partial charge in [-0.15, -0.1) is 0 Å². The number of rotatable bonds is 8. The van der Waals surface area contributed by atoms with E-state index in [2.05, 4.69) is 0 Å². The van der Waals surface area contributed by atoms with E-state index in [1.165, 1.54) is 12.1 Å². The Morgan fingerprint density at radius 2 is 1.84 bits per heavy atom. The molecule has 0 aliphatic heterocycles. The SMILES string of the molecule is O=C(O)C=C(O)C[C@@H](O)CCc1c(C2CC2)nc2ccccc2c1-c1ccc(F)cc1. The van der Waals surface area contributed by atoms with Crippen LogP contribution in [0.4, 0.5) is 4.39 Å². The summed E-state index contributed by atoms with van der Waals surface area (Å²) < 4.78 is 13.6. The third kappa shape index (κ3) is 4.91. The van der Waals surface area contributed by atoms with Crippen molar-refractivity contribution in [1.82, 2.24) is 4.98 Å². The van der Waals surface area contributed by atoms with Crippen molar-refractivity contribution >= 4 is 16.9 Å². The minimum Gasteiger partial charge on any atom is -0.512 e. The molecule has 1 aliphatic rings. The van der Waals surface area contributed by atoms with Crippen LogP contribution < -0.4 is 0 Å². The fourth-order valence-corrected chi connectivity index (χ4v) is 4.02. The predicted molar refractivity (Wildman–Crippen MR) is 116 cm³/mol. The number of nitrogens with zero attached hydrogens (tertiary/aromatic N) is 1. The number of benzene rings is 2. The molecule has 5 nitrogen and oxygen atoms in total. The molecule has 4 rings (SSSR count). The Labute approximate surface area is 179 Å². The molecule has 1 fully saturated rings. The van der Waals surface area contributed by atoms with Crippen LogP contribution in [0.3, 0.4) is 0 Å². The molecule has 1 aliphatic carbocycles. The summed E-state index contributed by atoms with van der Waals surface area (Å²) in [5.41, 5.74) is 4.80. The molecule has 6 heteroatoms. The van der Waals surface area contributed by atoms with Gasteiger partial charge in [-0.2, -0.15) is 0 Å². The molecule has 160 valence electrons. The van der Waals surface area contributed by atoms with Gasteiger partial charge in [-0.3, -0.25) is 4.98 Å². The van der Waals surface area contributed by atoms with Gasteiger partial charge in [-0.05, 0) is 60.6 Å². The smallest absolute Gasteiger partial charge is 0.331 e. The minimum absolute atomic E-state index is 0.127. The van der Waals surface area contributed by atoms with Crippen LogP contribution in [0.15, 0.2) is 60.4 Å². The number of carbonyl (C=O) groups is 1. The molecule has 0 saturated heterocycles. The van der Waals surface area contributed by atoms with Crippen LogP contribution in [0, 0.1) is 5.82 Å². The van der Waals surface area contributed by atoms with Crippen molar-refractivity contribution in [1.29, 1.82) is 0 Å². The number of carboxylic acid groups (broad SMARTS) is 1. The third-order valence-electron chi connectivity index (χ3n) is 5.58. The maximum absolute atomic E-state index is 13.6. The molecule has 0 unspecified atom stereocenters. The average Bonchev–Trinajstić information content (AvgIpc) is 3.56. The van der Waals surface area contributed by atoms with E-state index in [9.17, 15) is 19.4 Å². The van der Waals surface area contributed by atoms with Gasteiger partial charge in [-0.25, -0.2) is 9.18 Å². The molecule has 0 radical (unpaired) electrons. The Morgan fingerprint density at radius 3 is 2.52 bits per heavy atom. The topological polar surface area (TPSA) is 90.7 Å². The first-order chi connectivity index (χ1) is 14.9. The van der Waals surface area contributed by atoms with Gasteiger partial charge in [-0.1, -0.05) is 30.3 Å². The summed E-state index contributed by atoms with van der Waals surface area (Å²) in [4.78, 5) is 15.6. The van der Waals surface area contributed by atoms with Gasteiger partial charge in [0, 0.05) is 23.4 Å². The zero-order valence-corrected chi connectivity index (χ0v) is 17.0. The van der Waals surface area contributed by atoms with E-state index in [4.69, 9.17) is 10.1 Å². The maximum Gasteiger partial charge on any atom is 0.331 e. The molecule has 1 aromatic heterocycles. The molecular weight excluding hydrogens is 397 g/mol. The minimum atomic E-state index is -1.25. The van der Waals surface area contributed by atoms with E-state index >= 15 is 0 Å². The molecule has 3 N–H and O–H groups in total. The second-order valence-corrected chi connectivity index (χ2v) is 8.02. The first-order valence-electron chi connectivity index (χ1n) is 10.4. The highest BCUT2D eigenvalue weighted by Crippen LogP contribution is 2.45. The Bertz CT molecular complexity index is 1140. The first-order valence-corrected chi connectivity index (χ1v) is 10.4. The van der Waals surface area contributed by atoms with Crippen LogP contribution in [0.1, 0.15) is 42.9 Å². The van der Waals surface area contributed by atoms with Crippen LogP contribution in [0.5, 0.6) is 0 Å². The van der Waals surface area contributed by atoms with Crippen LogP contribution in [0.2, 0.25) is 0 Å². The van der Waals surface area contributed by atoms with Crippen molar-refractivity contribution in [2.75, 3.05) is 0 Å². The van der Waals surface area contributed by atoms with Crippen molar-refractivity contribution in [3.63, 3.8) is 0 Å². The normalized spacial score (nSPS) is 15.2. The molecule has 3 aromatic rings. The van der Waals surface area contributed by atoms with Crippen molar-refractivity contribution in [2.45, 2.75) is 44.1 Å². The summed E-state index contributed by atoms with van der Waals surface area (Å²) in [6.45, 7) is 0. The molecule has 1 atom stereocenters. The lowest BCUT2D eigenvalue weighted by Crippen LogP contribution is -2.12. The number of halogens is 1. The Balaban J connectivity index is 1.74. The molecule has 0 amide bonds. The quantitative estimate of drug-likeness (QED) is 0.347. The number of aliphatic hydroxyl groups excluding tert-OH is 2. The van der Waals surface area contributed by atoms with Gasteiger partial charge in [0.15, 0.2) is 0 Å². The summed E-state index contributed by atoms with van der Waals surface area (Å²) in [5, 5.41) is 29.8. The lowest BCUT2D eigenvalue weighted by atomic mass is 9.89. The number of aromatic nitrogens is 1. The van der Waals surface area contributed by atoms with Crippen LogP contribution >= 0.6 is 0 Å². The lowest BCUT2D eigenvalue weighted by Gasteiger charge is -2.19. The van der Waals surface area contributed by atoms with Crippen molar-refractivity contribution in [2.24, 2.45) is 0 Å². The molecular formula is C25H24FNO4. The van der Waals surface area contributed by atoms with Crippen molar-refractivity contribution in [3.05, 3.63) is 77.4 Å². The Morgan fingerprint density at radius 1 is 1.13 bits per heavy atom. The van der Waals surface area contributed by atoms with Gasteiger partial charge in [0.2, 0.25) is 0 Å². The summed E-state index contributed by atoms with van der Waals surface area (Å²) >= 11 is 0. The highest BCUT2D eigenvalue weighted by atomic mass is 19.1. The Hall–Kier alpha value is -3.25. The number of pyridine rings is 1. The third-order valence-corrected chi connectivity index (χ3v) is 5.58. The van der Waals surface area contributed by atoms with Crippen molar-refractivity contribution < 1.29 is 24.5 Å².